The number of ether oxygens (including phenoxy) is 2. The first kappa shape index (κ1) is 31.5. The van der Waals surface area contributed by atoms with Crippen molar-refractivity contribution < 1.29 is 41.4 Å². The average Bonchev–Trinajstić information content (AvgIpc) is 3.73. The van der Waals surface area contributed by atoms with Crippen molar-refractivity contribution in [3.05, 3.63) is 53.3 Å². The summed E-state index contributed by atoms with van der Waals surface area (Å²) in [5.41, 5.74) is 2.49. The number of carbonyl (C=O) groups excluding carboxylic acids is 1. The topological polar surface area (TPSA) is 135 Å². The van der Waals surface area contributed by atoms with Gasteiger partial charge in [0.1, 0.15) is 17.2 Å². The van der Waals surface area contributed by atoms with E-state index in [1.807, 2.05) is 6.07 Å². The second-order valence-corrected chi connectivity index (χ2v) is 12.3. The molecule has 228 valence electrons. The Morgan fingerprint density at radius 2 is 1.81 bits per heavy atom. The van der Waals surface area contributed by atoms with Crippen LogP contribution in [0.1, 0.15) is 60.9 Å². The molecule has 0 bridgehead atoms. The number of nitrogens with one attached hydrogen (secondary N) is 1. The highest BCUT2D eigenvalue weighted by atomic mass is 32.2. The van der Waals surface area contributed by atoms with E-state index in [9.17, 15) is 22.4 Å². The minimum Gasteiger partial charge on any atom is -0.479 e. The van der Waals surface area contributed by atoms with E-state index in [0.29, 0.717) is 47.4 Å². The number of unbranched alkanes of at least 4 members (excludes halogenated alkanes) is 2. The summed E-state index contributed by atoms with van der Waals surface area (Å²) in [6.45, 7) is 2.53. The predicted molar refractivity (Wildman–Crippen MR) is 157 cm³/mol. The Labute approximate surface area is 244 Å². The fourth-order valence-corrected chi connectivity index (χ4v) is 5.69. The Kier molecular flexibility index (Phi) is 10.2. The quantitative estimate of drug-likeness (QED) is 0.220. The molecule has 0 radical (unpaired) electrons. The van der Waals surface area contributed by atoms with Gasteiger partial charge in [0.15, 0.2) is 6.10 Å². The third kappa shape index (κ3) is 7.67. The number of hydrogen-bond acceptors (Lipinski definition) is 7. The number of nitrogens with zero attached hydrogens (tertiary/aromatic N) is 1. The minimum absolute atomic E-state index is 0.0944. The number of carbonyl (C=O) groups is 2. The number of amides is 1. The summed E-state index contributed by atoms with van der Waals surface area (Å²) < 4.78 is 58.0. The van der Waals surface area contributed by atoms with Crippen molar-refractivity contribution in [2.24, 2.45) is 0 Å². The zero-order chi connectivity index (χ0) is 30.4. The summed E-state index contributed by atoms with van der Waals surface area (Å²) in [7, 11) is -2.17. The van der Waals surface area contributed by atoms with Gasteiger partial charge in [0.25, 0.3) is 5.91 Å². The SMILES string of the molecule is CNC(=O)c1c(-c2ccc(F)cc2)oc2cc(N(CCOCCCCCOC(C)C(=O)O)S(C)(=O)=O)c(C3CC3)cc12. The summed E-state index contributed by atoms with van der Waals surface area (Å²) in [5, 5.41) is 12.1. The van der Waals surface area contributed by atoms with Gasteiger partial charge in [-0.05, 0) is 80.8 Å². The van der Waals surface area contributed by atoms with Crippen LogP contribution in [-0.2, 0) is 24.3 Å². The number of anilines is 1. The van der Waals surface area contributed by atoms with Crippen LogP contribution in [0.2, 0.25) is 0 Å². The fraction of sp³-hybridized carbons (Fsp3) is 0.467. The van der Waals surface area contributed by atoms with E-state index < -0.39 is 27.9 Å². The molecule has 0 spiro atoms. The Hall–Kier alpha value is -3.48. The normalized spacial score (nSPS) is 14.2. The highest BCUT2D eigenvalue weighted by Crippen LogP contribution is 2.48. The minimum atomic E-state index is -3.69. The first-order chi connectivity index (χ1) is 20.0. The summed E-state index contributed by atoms with van der Waals surface area (Å²) >= 11 is 0. The van der Waals surface area contributed by atoms with E-state index in [-0.39, 0.29) is 30.7 Å². The van der Waals surface area contributed by atoms with Crippen LogP contribution in [0.15, 0.2) is 40.8 Å². The zero-order valence-corrected chi connectivity index (χ0v) is 24.8. The van der Waals surface area contributed by atoms with E-state index in [0.717, 1.165) is 37.5 Å². The molecule has 1 heterocycles. The number of hydrogen-bond donors (Lipinski definition) is 2. The average molecular weight is 605 g/mol. The number of rotatable bonds is 16. The van der Waals surface area contributed by atoms with E-state index in [1.54, 1.807) is 6.07 Å². The third-order valence-electron chi connectivity index (χ3n) is 7.17. The van der Waals surface area contributed by atoms with Crippen LogP contribution in [-0.4, -0.2) is 71.2 Å². The Morgan fingerprint density at radius 1 is 1.12 bits per heavy atom. The molecule has 3 aromatic rings. The number of aliphatic carboxylic acids is 1. The molecule has 10 nitrogen and oxygen atoms in total. The maximum atomic E-state index is 13.6. The molecule has 0 saturated heterocycles. The van der Waals surface area contributed by atoms with Crippen molar-refractivity contribution in [1.29, 1.82) is 0 Å². The second kappa shape index (κ2) is 13.7. The van der Waals surface area contributed by atoms with Crippen molar-refractivity contribution in [2.45, 2.75) is 51.0 Å². The largest absolute Gasteiger partial charge is 0.479 e. The Balaban J connectivity index is 1.53. The van der Waals surface area contributed by atoms with Gasteiger partial charge in [0.05, 0.1) is 30.7 Å². The monoisotopic (exact) mass is 604 g/mol. The van der Waals surface area contributed by atoms with Crippen LogP contribution in [0.4, 0.5) is 10.1 Å². The number of benzene rings is 2. The Morgan fingerprint density at radius 3 is 2.43 bits per heavy atom. The summed E-state index contributed by atoms with van der Waals surface area (Å²) in [5.74, 6) is -1.34. The van der Waals surface area contributed by atoms with Crippen molar-refractivity contribution in [1.82, 2.24) is 5.32 Å². The van der Waals surface area contributed by atoms with E-state index in [1.165, 1.54) is 42.5 Å². The van der Waals surface area contributed by atoms with Gasteiger partial charge in [-0.1, -0.05) is 0 Å². The van der Waals surface area contributed by atoms with Crippen LogP contribution >= 0.6 is 0 Å². The van der Waals surface area contributed by atoms with Gasteiger partial charge in [-0.15, -0.1) is 0 Å². The van der Waals surface area contributed by atoms with Crippen LogP contribution in [0.5, 0.6) is 0 Å². The second-order valence-electron chi connectivity index (χ2n) is 10.4. The molecule has 12 heteroatoms. The number of furan rings is 1. The maximum absolute atomic E-state index is 13.6. The number of halogens is 1. The molecule has 2 aromatic carbocycles. The molecule has 1 fully saturated rings. The molecule has 0 aliphatic heterocycles. The lowest BCUT2D eigenvalue weighted by molar-refractivity contribution is -0.149. The molecule has 1 aromatic heterocycles. The van der Waals surface area contributed by atoms with Crippen LogP contribution in [0.25, 0.3) is 22.3 Å². The van der Waals surface area contributed by atoms with E-state index in [2.05, 4.69) is 5.32 Å². The summed E-state index contributed by atoms with van der Waals surface area (Å²) in [6, 6.07) is 9.15. The Bertz CT molecular complexity index is 1520. The van der Waals surface area contributed by atoms with Gasteiger partial charge in [-0.3, -0.25) is 9.10 Å². The van der Waals surface area contributed by atoms with Crippen molar-refractivity contribution in [2.75, 3.05) is 44.0 Å². The molecule has 4 rings (SSSR count). The zero-order valence-electron chi connectivity index (χ0n) is 24.0. The number of sulfonamides is 1. The number of carboxylic acid groups (broad SMARTS) is 1. The van der Waals surface area contributed by atoms with Crippen LogP contribution in [0, 0.1) is 5.82 Å². The molecule has 2 N–H and O–H groups in total. The van der Waals surface area contributed by atoms with Gasteiger partial charge in [-0.2, -0.15) is 0 Å². The van der Waals surface area contributed by atoms with Gasteiger partial charge in [0, 0.05) is 37.3 Å². The van der Waals surface area contributed by atoms with Crippen molar-refractivity contribution >= 4 is 38.6 Å². The number of fused-ring (bicyclic) bond motifs is 1. The molecule has 1 aliphatic carbocycles. The lowest BCUT2D eigenvalue weighted by Crippen LogP contribution is -2.34. The lowest BCUT2D eigenvalue weighted by atomic mass is 10.0. The van der Waals surface area contributed by atoms with Gasteiger partial charge in [0.2, 0.25) is 10.0 Å². The first-order valence-corrected chi connectivity index (χ1v) is 15.8. The van der Waals surface area contributed by atoms with Gasteiger partial charge < -0.3 is 24.3 Å². The van der Waals surface area contributed by atoms with Crippen molar-refractivity contribution in [3.8, 4) is 11.3 Å². The molecule has 1 atom stereocenters. The number of carboxylic acids is 1. The highest BCUT2D eigenvalue weighted by Gasteiger charge is 2.33. The molecule has 1 amide bonds. The molecule has 1 aliphatic rings. The predicted octanol–water partition coefficient (Wildman–Crippen LogP) is 4.92. The smallest absolute Gasteiger partial charge is 0.332 e. The van der Waals surface area contributed by atoms with Gasteiger partial charge in [-0.25, -0.2) is 17.6 Å². The molecule has 1 saturated carbocycles. The summed E-state index contributed by atoms with van der Waals surface area (Å²) in [6.07, 6.45) is 4.32. The summed E-state index contributed by atoms with van der Waals surface area (Å²) in [4.78, 5) is 23.8. The maximum Gasteiger partial charge on any atom is 0.332 e. The van der Waals surface area contributed by atoms with Gasteiger partial charge >= 0.3 is 5.97 Å². The van der Waals surface area contributed by atoms with E-state index in [4.69, 9.17) is 19.0 Å². The lowest BCUT2D eigenvalue weighted by Gasteiger charge is -2.25. The molecule has 42 heavy (non-hydrogen) atoms. The third-order valence-corrected chi connectivity index (χ3v) is 8.35. The molecule has 1 unspecified atom stereocenters. The van der Waals surface area contributed by atoms with Crippen molar-refractivity contribution in [3.63, 3.8) is 0 Å². The first-order valence-electron chi connectivity index (χ1n) is 14.0. The molecular formula is C30H37FN2O8S. The van der Waals surface area contributed by atoms with E-state index >= 15 is 0 Å². The standard InChI is InChI=1S/C30H37FN2O8S/c1-19(30(35)36)40-15-6-4-5-14-39-16-13-33(42(3,37)38)25-18-26-24(17-23(25)20-7-8-20)27(29(34)32-2)28(41-26)21-9-11-22(31)12-10-21/h9-12,17-20H,4-8,13-16H2,1-3H3,(H,32,34)(H,35,36). The highest BCUT2D eigenvalue weighted by molar-refractivity contribution is 7.92. The fourth-order valence-electron chi connectivity index (χ4n) is 4.77. The van der Waals surface area contributed by atoms with Crippen LogP contribution < -0.4 is 9.62 Å². The van der Waals surface area contributed by atoms with Crippen LogP contribution in [0.3, 0.4) is 0 Å². The molecular weight excluding hydrogens is 567 g/mol.